The van der Waals surface area contributed by atoms with Crippen molar-refractivity contribution in [3.05, 3.63) is 58.2 Å². The zero-order valence-corrected chi connectivity index (χ0v) is 17.7. The molecular weight excluding hydrogens is 420 g/mol. The molecule has 4 rings (SSSR count). The number of hydrogen-bond donors (Lipinski definition) is 3. The highest BCUT2D eigenvalue weighted by molar-refractivity contribution is 7.99. The molecule has 0 saturated carbocycles. The summed E-state index contributed by atoms with van der Waals surface area (Å²) in [6.45, 7) is 3.64. The van der Waals surface area contributed by atoms with Gasteiger partial charge in [-0.05, 0) is 26.0 Å². The number of hydrogen-bond acceptors (Lipinski definition) is 7. The second-order valence-electron chi connectivity index (χ2n) is 6.72. The highest BCUT2D eigenvalue weighted by Crippen LogP contribution is 2.23. The van der Waals surface area contributed by atoms with Gasteiger partial charge in [-0.15, -0.1) is 0 Å². The molecule has 1 unspecified atom stereocenters. The third-order valence-corrected chi connectivity index (χ3v) is 5.54. The van der Waals surface area contributed by atoms with Gasteiger partial charge in [0.1, 0.15) is 5.39 Å². The first kappa shape index (κ1) is 20.7. The van der Waals surface area contributed by atoms with E-state index in [0.29, 0.717) is 27.5 Å². The van der Waals surface area contributed by atoms with Gasteiger partial charge in [0, 0.05) is 11.4 Å². The molecule has 10 nitrogen and oxygen atoms in total. The van der Waals surface area contributed by atoms with E-state index in [2.05, 4.69) is 25.7 Å². The molecule has 0 aliphatic carbocycles. The summed E-state index contributed by atoms with van der Waals surface area (Å²) in [6.07, 6.45) is 1.47. The van der Waals surface area contributed by atoms with Crippen LogP contribution in [0.3, 0.4) is 0 Å². The number of ether oxygens (including phenoxy) is 1. The molecular formula is C20H20N6O4S. The van der Waals surface area contributed by atoms with Gasteiger partial charge in [-0.2, -0.15) is 5.10 Å². The zero-order chi connectivity index (χ0) is 22.0. The number of thioether (sulfide) groups is 1. The van der Waals surface area contributed by atoms with E-state index in [0.717, 1.165) is 5.69 Å². The molecule has 2 amide bonds. The average molecular weight is 440 g/mol. The maximum atomic E-state index is 12.5. The van der Waals surface area contributed by atoms with Crippen LogP contribution in [0.5, 0.6) is 0 Å². The monoisotopic (exact) mass is 440 g/mol. The van der Waals surface area contributed by atoms with Gasteiger partial charge < -0.3 is 20.4 Å². The quantitative estimate of drug-likeness (QED) is 0.302. The predicted molar refractivity (Wildman–Crippen MR) is 115 cm³/mol. The Morgan fingerprint density at radius 3 is 2.77 bits per heavy atom. The van der Waals surface area contributed by atoms with Crippen LogP contribution in [0.15, 0.2) is 57.7 Å². The van der Waals surface area contributed by atoms with E-state index < -0.39 is 18.0 Å². The van der Waals surface area contributed by atoms with Crippen LogP contribution in [0, 0.1) is 0 Å². The summed E-state index contributed by atoms with van der Waals surface area (Å²) < 4.78 is 6.71. The number of para-hydroxylation sites is 1. The van der Waals surface area contributed by atoms with E-state index in [-0.39, 0.29) is 17.9 Å². The van der Waals surface area contributed by atoms with Crippen LogP contribution in [0.4, 0.5) is 4.79 Å². The fraction of sp³-hybridized carbons (Fsp3) is 0.250. The highest BCUT2D eigenvalue weighted by atomic mass is 32.2. The first-order chi connectivity index (χ1) is 15.0. The second kappa shape index (κ2) is 8.64. The number of rotatable bonds is 6. The van der Waals surface area contributed by atoms with Crippen molar-refractivity contribution in [3.63, 3.8) is 0 Å². The number of aromatic nitrogens is 4. The molecule has 11 heteroatoms. The van der Waals surface area contributed by atoms with Gasteiger partial charge in [0.05, 0.1) is 30.1 Å². The number of urea groups is 1. The van der Waals surface area contributed by atoms with E-state index in [1.54, 1.807) is 18.5 Å². The van der Waals surface area contributed by atoms with E-state index in [4.69, 9.17) is 4.74 Å². The number of carbonyl (C=O) groups is 2. The smallest absolute Gasteiger partial charge is 0.337 e. The van der Waals surface area contributed by atoms with Crippen LogP contribution in [-0.4, -0.2) is 50.2 Å². The Morgan fingerprint density at radius 2 is 2.03 bits per heavy atom. The van der Waals surface area contributed by atoms with Crippen molar-refractivity contribution in [1.82, 2.24) is 30.4 Å². The predicted octanol–water partition coefficient (Wildman–Crippen LogP) is 1.72. The molecule has 0 spiro atoms. The molecule has 1 aliphatic rings. The third kappa shape index (κ3) is 4.17. The topological polar surface area (TPSA) is 131 Å². The van der Waals surface area contributed by atoms with Crippen molar-refractivity contribution in [2.45, 2.75) is 25.0 Å². The minimum Gasteiger partial charge on any atom is -0.463 e. The Hall–Kier alpha value is -3.60. The summed E-state index contributed by atoms with van der Waals surface area (Å²) >= 11 is 1.19. The van der Waals surface area contributed by atoms with Crippen LogP contribution >= 0.6 is 11.8 Å². The number of H-pyrrole nitrogens is 1. The molecule has 1 aromatic carbocycles. The summed E-state index contributed by atoms with van der Waals surface area (Å²) in [7, 11) is 0. The Labute approximate surface area is 181 Å². The van der Waals surface area contributed by atoms with Gasteiger partial charge in [-0.1, -0.05) is 30.0 Å². The molecule has 0 radical (unpaired) electrons. The largest absolute Gasteiger partial charge is 0.463 e. The van der Waals surface area contributed by atoms with Gasteiger partial charge in [0.15, 0.2) is 10.8 Å². The van der Waals surface area contributed by atoms with E-state index in [1.165, 1.54) is 18.0 Å². The molecule has 160 valence electrons. The maximum absolute atomic E-state index is 12.5. The molecule has 3 aromatic rings. The molecule has 1 atom stereocenters. The fourth-order valence-electron chi connectivity index (χ4n) is 3.26. The number of fused-ring (bicyclic) bond motifs is 1. The Kier molecular flexibility index (Phi) is 5.76. The standard InChI is InChI=1S/C20H20N6O4S/c1-3-30-18(28)15-11(2)22-19(29)23-14(15)10-31-20-24-16-13(17(27)25-20)9-21-26(16)12-7-5-4-6-8-12/h4-9,11H,3,10H2,1-2H3,(H2,22,23,29)(H,24,25,27). The number of nitrogens with one attached hydrogen (secondary N) is 3. The van der Waals surface area contributed by atoms with Crippen LogP contribution in [-0.2, 0) is 9.53 Å². The maximum Gasteiger partial charge on any atom is 0.337 e. The van der Waals surface area contributed by atoms with Gasteiger partial charge in [0.2, 0.25) is 0 Å². The molecule has 3 heterocycles. The summed E-state index contributed by atoms with van der Waals surface area (Å²) in [5.74, 6) is -0.294. The minimum absolute atomic E-state index is 0.208. The number of esters is 1. The van der Waals surface area contributed by atoms with Gasteiger partial charge in [0.25, 0.3) is 5.56 Å². The summed E-state index contributed by atoms with van der Waals surface area (Å²) in [5.41, 5.74) is 1.63. The number of aromatic amines is 1. The van der Waals surface area contributed by atoms with Crippen LogP contribution in [0.25, 0.3) is 16.7 Å². The first-order valence-corrected chi connectivity index (χ1v) is 10.6. The van der Waals surface area contributed by atoms with Crippen molar-refractivity contribution in [3.8, 4) is 5.69 Å². The zero-order valence-electron chi connectivity index (χ0n) is 16.8. The minimum atomic E-state index is -0.503. The Morgan fingerprint density at radius 1 is 1.26 bits per heavy atom. The van der Waals surface area contributed by atoms with Crippen molar-refractivity contribution in [1.29, 1.82) is 0 Å². The van der Waals surface area contributed by atoms with Crippen LogP contribution in [0.2, 0.25) is 0 Å². The lowest BCUT2D eigenvalue weighted by atomic mass is 10.1. The Balaban J connectivity index is 1.66. The van der Waals surface area contributed by atoms with Crippen molar-refractivity contribution in [2.75, 3.05) is 12.4 Å². The Bertz CT molecular complexity index is 1230. The van der Waals surface area contributed by atoms with E-state index >= 15 is 0 Å². The molecule has 0 saturated heterocycles. The first-order valence-electron chi connectivity index (χ1n) is 9.62. The van der Waals surface area contributed by atoms with E-state index in [1.807, 2.05) is 30.3 Å². The third-order valence-electron chi connectivity index (χ3n) is 4.64. The normalized spacial score (nSPS) is 16.2. The van der Waals surface area contributed by atoms with Crippen molar-refractivity contribution >= 4 is 34.8 Å². The molecule has 3 N–H and O–H groups in total. The number of nitrogens with zero attached hydrogens (tertiary/aromatic N) is 3. The molecule has 1 aliphatic heterocycles. The molecule has 0 bridgehead atoms. The second-order valence-corrected chi connectivity index (χ2v) is 7.69. The SMILES string of the molecule is CCOC(=O)C1=C(CSc2nc3c(cnn3-c3ccccc3)c(=O)[nH]2)NC(=O)NC1C. The number of benzene rings is 1. The molecule has 2 aromatic heterocycles. The number of amides is 2. The van der Waals surface area contributed by atoms with E-state index in [9.17, 15) is 14.4 Å². The summed E-state index contributed by atoms with van der Waals surface area (Å²) in [5, 5.41) is 10.3. The fourth-order valence-corrected chi connectivity index (χ4v) is 4.08. The number of carbonyl (C=O) groups excluding carboxylic acids is 2. The lowest BCUT2D eigenvalue weighted by Gasteiger charge is -2.26. The van der Waals surface area contributed by atoms with Gasteiger partial charge >= 0.3 is 12.0 Å². The van der Waals surface area contributed by atoms with Gasteiger partial charge in [-0.25, -0.2) is 19.3 Å². The lowest BCUT2D eigenvalue weighted by Crippen LogP contribution is -2.49. The van der Waals surface area contributed by atoms with Crippen molar-refractivity contribution < 1.29 is 14.3 Å². The summed E-state index contributed by atoms with van der Waals surface area (Å²) in [6, 6.07) is 8.45. The molecule has 31 heavy (non-hydrogen) atoms. The average Bonchev–Trinajstić information content (AvgIpc) is 3.17. The van der Waals surface area contributed by atoms with Crippen LogP contribution < -0.4 is 16.2 Å². The van der Waals surface area contributed by atoms with Crippen molar-refractivity contribution in [2.24, 2.45) is 0 Å². The van der Waals surface area contributed by atoms with Gasteiger partial charge in [-0.3, -0.25) is 4.79 Å². The molecule has 0 fully saturated rings. The lowest BCUT2D eigenvalue weighted by molar-refractivity contribution is -0.138. The summed E-state index contributed by atoms with van der Waals surface area (Å²) in [4.78, 5) is 44.1. The van der Waals surface area contributed by atoms with Crippen LogP contribution in [0.1, 0.15) is 13.8 Å². The highest BCUT2D eigenvalue weighted by Gasteiger charge is 2.29.